The maximum Gasteiger partial charge on any atom is 0.273 e. The molecular weight excluding hydrogens is 358 g/mol. The molecule has 0 aliphatic carbocycles. The van der Waals surface area contributed by atoms with Crippen molar-refractivity contribution in [3.63, 3.8) is 0 Å². The van der Waals surface area contributed by atoms with Crippen molar-refractivity contribution in [1.29, 1.82) is 0 Å². The van der Waals surface area contributed by atoms with E-state index in [0.717, 1.165) is 12.0 Å². The number of nitrogens with one attached hydrogen (secondary N) is 3. The van der Waals surface area contributed by atoms with E-state index >= 15 is 0 Å². The third-order valence-corrected chi connectivity index (χ3v) is 3.82. The Bertz CT molecular complexity index is 793. The first-order valence-corrected chi connectivity index (χ1v) is 9.21. The lowest BCUT2D eigenvalue weighted by molar-refractivity contribution is -0.126. The average Bonchev–Trinajstić information content (AvgIpc) is 2.74. The molecule has 0 aliphatic heterocycles. The number of rotatable bonds is 9. The minimum Gasteiger partial charge on any atom is -0.493 e. The minimum absolute atomic E-state index is 0.0325. The van der Waals surface area contributed by atoms with Crippen LogP contribution in [0.15, 0.2) is 54.6 Å². The van der Waals surface area contributed by atoms with Crippen LogP contribution < -0.4 is 20.9 Å². The fraction of sp³-hybridized carbons (Fsp3) is 0.286. The van der Waals surface area contributed by atoms with Crippen molar-refractivity contribution in [3.8, 4) is 5.75 Å². The van der Waals surface area contributed by atoms with Gasteiger partial charge in [0.15, 0.2) is 0 Å². The van der Waals surface area contributed by atoms with Crippen LogP contribution >= 0.6 is 0 Å². The largest absolute Gasteiger partial charge is 0.493 e. The van der Waals surface area contributed by atoms with Crippen LogP contribution in [0.2, 0.25) is 0 Å². The molecule has 148 valence electrons. The van der Waals surface area contributed by atoms with Crippen molar-refractivity contribution in [2.75, 3.05) is 6.61 Å². The van der Waals surface area contributed by atoms with E-state index in [1.54, 1.807) is 24.3 Å². The molecule has 0 bridgehead atoms. The molecule has 3 N–H and O–H groups in total. The summed E-state index contributed by atoms with van der Waals surface area (Å²) in [4.78, 5) is 36.0. The fourth-order valence-corrected chi connectivity index (χ4v) is 2.36. The second-order valence-corrected chi connectivity index (χ2v) is 6.11. The Hall–Kier alpha value is -3.35. The zero-order valence-corrected chi connectivity index (χ0v) is 15.9. The maximum absolute atomic E-state index is 12.2. The first-order chi connectivity index (χ1) is 13.6. The van der Waals surface area contributed by atoms with E-state index < -0.39 is 11.8 Å². The number of para-hydroxylation sites is 1. The highest BCUT2D eigenvalue weighted by Gasteiger charge is 2.13. The Labute approximate surface area is 164 Å². The van der Waals surface area contributed by atoms with Crippen molar-refractivity contribution < 1.29 is 19.1 Å². The molecular formula is C21H25N3O4. The molecule has 0 saturated carbocycles. The molecule has 2 aromatic rings. The topological polar surface area (TPSA) is 96.5 Å². The standard InChI is InChI=1S/C21H25N3O4/c1-2-14-28-18-11-7-6-10-17(18)21(27)24-23-20(26)13-12-19(25)22-15-16-8-4-3-5-9-16/h3-11H,2,12-15H2,1H3,(H,22,25)(H,23,26)(H,24,27). The monoisotopic (exact) mass is 383 g/mol. The summed E-state index contributed by atoms with van der Waals surface area (Å²) in [5, 5.41) is 2.75. The van der Waals surface area contributed by atoms with Crippen LogP contribution in [0, 0.1) is 0 Å². The lowest BCUT2D eigenvalue weighted by Crippen LogP contribution is -2.42. The number of hydrogen-bond acceptors (Lipinski definition) is 4. The molecule has 0 radical (unpaired) electrons. The summed E-state index contributed by atoms with van der Waals surface area (Å²) in [6.07, 6.45) is 0.818. The quantitative estimate of drug-likeness (QED) is 0.579. The van der Waals surface area contributed by atoms with E-state index in [0.29, 0.717) is 24.5 Å². The van der Waals surface area contributed by atoms with Crippen molar-refractivity contribution in [3.05, 3.63) is 65.7 Å². The van der Waals surface area contributed by atoms with Crippen LogP contribution in [0.5, 0.6) is 5.75 Å². The number of benzene rings is 2. The summed E-state index contributed by atoms with van der Waals surface area (Å²) in [6, 6.07) is 16.3. The smallest absolute Gasteiger partial charge is 0.273 e. The van der Waals surface area contributed by atoms with E-state index in [2.05, 4.69) is 16.2 Å². The second-order valence-electron chi connectivity index (χ2n) is 6.11. The van der Waals surface area contributed by atoms with Gasteiger partial charge < -0.3 is 10.1 Å². The molecule has 0 spiro atoms. The Morgan fingerprint density at radius 3 is 2.29 bits per heavy atom. The van der Waals surface area contributed by atoms with E-state index in [1.807, 2.05) is 37.3 Å². The Morgan fingerprint density at radius 1 is 0.857 bits per heavy atom. The number of amides is 3. The maximum atomic E-state index is 12.2. The van der Waals surface area contributed by atoms with Gasteiger partial charge in [0.05, 0.1) is 12.2 Å². The van der Waals surface area contributed by atoms with Crippen LogP contribution in [0.25, 0.3) is 0 Å². The first-order valence-electron chi connectivity index (χ1n) is 9.21. The minimum atomic E-state index is -0.478. The predicted octanol–water partition coefficient (Wildman–Crippen LogP) is 2.33. The molecule has 2 rings (SSSR count). The van der Waals surface area contributed by atoms with Gasteiger partial charge in [0.1, 0.15) is 5.75 Å². The van der Waals surface area contributed by atoms with Crippen LogP contribution in [0.3, 0.4) is 0 Å². The molecule has 7 heteroatoms. The van der Waals surface area contributed by atoms with Crippen LogP contribution in [0.4, 0.5) is 0 Å². The average molecular weight is 383 g/mol. The van der Waals surface area contributed by atoms with E-state index in [1.165, 1.54) is 0 Å². The van der Waals surface area contributed by atoms with Gasteiger partial charge in [0.2, 0.25) is 11.8 Å². The van der Waals surface area contributed by atoms with E-state index in [9.17, 15) is 14.4 Å². The third-order valence-electron chi connectivity index (χ3n) is 3.82. The van der Waals surface area contributed by atoms with Gasteiger partial charge in [0, 0.05) is 19.4 Å². The molecule has 2 aromatic carbocycles. The van der Waals surface area contributed by atoms with Gasteiger partial charge in [-0.2, -0.15) is 0 Å². The number of ether oxygens (including phenoxy) is 1. The molecule has 0 aliphatic rings. The normalized spacial score (nSPS) is 10.0. The zero-order valence-electron chi connectivity index (χ0n) is 15.9. The summed E-state index contributed by atoms with van der Waals surface area (Å²) in [6.45, 7) is 2.88. The Kier molecular flexibility index (Phi) is 8.52. The van der Waals surface area contributed by atoms with E-state index in [4.69, 9.17) is 4.74 Å². The molecule has 0 unspecified atom stereocenters. The van der Waals surface area contributed by atoms with Gasteiger partial charge >= 0.3 is 0 Å². The summed E-state index contributed by atoms with van der Waals surface area (Å²) in [5.41, 5.74) is 5.98. The SMILES string of the molecule is CCCOc1ccccc1C(=O)NNC(=O)CCC(=O)NCc1ccccc1. The first kappa shape index (κ1) is 21.0. The Balaban J connectivity index is 1.72. The zero-order chi connectivity index (χ0) is 20.2. The third kappa shape index (κ3) is 7.11. The van der Waals surface area contributed by atoms with E-state index in [-0.39, 0.29) is 18.7 Å². The molecule has 28 heavy (non-hydrogen) atoms. The highest BCUT2D eigenvalue weighted by Crippen LogP contribution is 2.17. The highest BCUT2D eigenvalue weighted by molar-refractivity contribution is 5.98. The number of carbonyl (C=O) groups is 3. The lowest BCUT2D eigenvalue weighted by atomic mass is 10.2. The summed E-state index contributed by atoms with van der Waals surface area (Å²) >= 11 is 0. The van der Waals surface area contributed by atoms with Crippen LogP contribution in [0.1, 0.15) is 42.1 Å². The molecule has 0 fully saturated rings. The van der Waals surface area contributed by atoms with Gasteiger partial charge in [-0.3, -0.25) is 25.2 Å². The molecule has 7 nitrogen and oxygen atoms in total. The number of hydrogen-bond donors (Lipinski definition) is 3. The lowest BCUT2D eigenvalue weighted by Gasteiger charge is -2.11. The molecule has 3 amide bonds. The van der Waals surface area contributed by atoms with Gasteiger partial charge in [-0.05, 0) is 24.1 Å². The highest BCUT2D eigenvalue weighted by atomic mass is 16.5. The van der Waals surface area contributed by atoms with Crippen molar-refractivity contribution in [1.82, 2.24) is 16.2 Å². The number of hydrazine groups is 1. The Morgan fingerprint density at radius 2 is 1.54 bits per heavy atom. The molecule has 0 heterocycles. The second kappa shape index (κ2) is 11.4. The van der Waals surface area contributed by atoms with Gasteiger partial charge in [-0.25, -0.2) is 0 Å². The van der Waals surface area contributed by atoms with Gasteiger partial charge in [-0.1, -0.05) is 49.4 Å². The van der Waals surface area contributed by atoms with Crippen molar-refractivity contribution in [2.24, 2.45) is 0 Å². The van der Waals surface area contributed by atoms with Gasteiger partial charge in [-0.15, -0.1) is 0 Å². The molecule has 0 aromatic heterocycles. The fourth-order valence-electron chi connectivity index (χ4n) is 2.36. The van der Waals surface area contributed by atoms with Crippen LogP contribution in [-0.2, 0) is 16.1 Å². The molecule has 0 saturated heterocycles. The van der Waals surface area contributed by atoms with Crippen molar-refractivity contribution in [2.45, 2.75) is 32.7 Å². The van der Waals surface area contributed by atoms with Crippen LogP contribution in [-0.4, -0.2) is 24.3 Å². The number of carbonyl (C=O) groups excluding carboxylic acids is 3. The van der Waals surface area contributed by atoms with Gasteiger partial charge in [0.25, 0.3) is 5.91 Å². The predicted molar refractivity (Wildman–Crippen MR) is 105 cm³/mol. The summed E-state index contributed by atoms with van der Waals surface area (Å²) in [7, 11) is 0. The molecule has 0 atom stereocenters. The summed E-state index contributed by atoms with van der Waals surface area (Å²) in [5.74, 6) is -0.705. The summed E-state index contributed by atoms with van der Waals surface area (Å²) < 4.78 is 5.53. The van der Waals surface area contributed by atoms with Crippen molar-refractivity contribution >= 4 is 17.7 Å².